The van der Waals surface area contributed by atoms with Gasteiger partial charge in [-0.2, -0.15) is 0 Å². The van der Waals surface area contributed by atoms with Crippen LogP contribution in [0.1, 0.15) is 58.4 Å². The van der Waals surface area contributed by atoms with Gasteiger partial charge in [-0.1, -0.05) is 42.0 Å². The van der Waals surface area contributed by atoms with E-state index in [0.29, 0.717) is 0 Å². The minimum Gasteiger partial charge on any atom is -0.486 e. The molecule has 2 aliphatic rings. The lowest BCUT2D eigenvalue weighted by Gasteiger charge is -2.35. The summed E-state index contributed by atoms with van der Waals surface area (Å²) in [6.45, 7) is 10.8. The van der Waals surface area contributed by atoms with Crippen LogP contribution in [-0.4, -0.2) is 31.8 Å². The Labute approximate surface area is 182 Å². The third-order valence-electron chi connectivity index (χ3n) is 6.00. The van der Waals surface area contributed by atoms with E-state index in [1.807, 2.05) is 0 Å². The topological polar surface area (TPSA) is 15.7 Å². The van der Waals surface area contributed by atoms with Gasteiger partial charge in [0.15, 0.2) is 0 Å². The Bertz CT molecular complexity index is 850. The van der Waals surface area contributed by atoms with E-state index in [-0.39, 0.29) is 5.60 Å². The number of rotatable bonds is 4. The van der Waals surface area contributed by atoms with Crippen LogP contribution in [0.3, 0.4) is 0 Å². The molecule has 0 spiro atoms. The molecule has 3 nitrogen and oxygen atoms in total. The molecule has 0 amide bonds. The molecular weight excluding hydrogens is 368 g/mol. The van der Waals surface area contributed by atoms with Crippen LogP contribution in [0.5, 0.6) is 5.75 Å². The quantitative estimate of drug-likeness (QED) is 0.575. The van der Waals surface area contributed by atoms with Crippen LogP contribution in [0.4, 0.5) is 11.4 Å². The van der Waals surface area contributed by atoms with Gasteiger partial charge in [0.2, 0.25) is 0 Å². The number of anilines is 2. The lowest BCUT2D eigenvalue weighted by Crippen LogP contribution is -2.33. The van der Waals surface area contributed by atoms with Crippen molar-refractivity contribution in [3.8, 4) is 5.75 Å². The summed E-state index contributed by atoms with van der Waals surface area (Å²) in [7, 11) is 0. The minimum absolute atomic E-state index is 0.199. The van der Waals surface area contributed by atoms with Gasteiger partial charge in [-0.25, -0.2) is 0 Å². The zero-order valence-corrected chi connectivity index (χ0v) is 18.9. The third kappa shape index (κ3) is 5.38. The molecule has 3 heteroatoms. The molecule has 2 saturated heterocycles. The molecular formula is C27H36N2O. The highest BCUT2D eigenvalue weighted by Crippen LogP contribution is 2.37. The van der Waals surface area contributed by atoms with Crippen molar-refractivity contribution in [1.29, 1.82) is 0 Å². The Kier molecular flexibility index (Phi) is 6.36. The van der Waals surface area contributed by atoms with Crippen LogP contribution in [0.15, 0.2) is 54.1 Å². The van der Waals surface area contributed by atoms with Crippen molar-refractivity contribution in [2.75, 3.05) is 36.0 Å². The molecule has 0 aromatic heterocycles. The van der Waals surface area contributed by atoms with E-state index in [4.69, 9.17) is 4.74 Å². The number of hydrogen-bond donors (Lipinski definition) is 0. The largest absolute Gasteiger partial charge is 0.486 e. The molecule has 2 aromatic rings. The molecule has 2 aromatic carbocycles. The highest BCUT2D eigenvalue weighted by Gasteiger charge is 2.23. The zero-order valence-electron chi connectivity index (χ0n) is 18.9. The SMILES string of the molecule is CC(C)(C)Oc1ccc(N2CCCCC2)cc1N1CCC(=Cc2ccccc2)CC1. The molecule has 2 fully saturated rings. The van der Waals surface area contributed by atoms with Crippen molar-refractivity contribution in [1.82, 2.24) is 0 Å². The number of piperidine rings is 2. The van der Waals surface area contributed by atoms with Crippen molar-refractivity contribution in [3.63, 3.8) is 0 Å². The molecule has 2 aliphatic heterocycles. The standard InChI is InChI=1S/C27H36N2O/c1-27(2,3)30-26-13-12-24(28-16-8-5-9-17-28)21-25(26)29-18-14-23(15-19-29)20-22-10-6-4-7-11-22/h4,6-7,10-13,20-21H,5,8-9,14-19H2,1-3H3. The maximum absolute atomic E-state index is 6.38. The Balaban J connectivity index is 1.54. The molecule has 0 saturated carbocycles. The van der Waals surface area contributed by atoms with E-state index in [0.717, 1.165) is 31.7 Å². The van der Waals surface area contributed by atoms with Gasteiger partial charge in [-0.3, -0.25) is 0 Å². The summed E-state index contributed by atoms with van der Waals surface area (Å²) in [6, 6.07) is 17.5. The fourth-order valence-corrected chi connectivity index (χ4v) is 4.48. The number of ether oxygens (including phenoxy) is 1. The van der Waals surface area contributed by atoms with E-state index in [1.165, 1.54) is 49.3 Å². The summed E-state index contributed by atoms with van der Waals surface area (Å²) in [4.78, 5) is 5.06. The van der Waals surface area contributed by atoms with Gasteiger partial charge < -0.3 is 14.5 Å². The average Bonchev–Trinajstić information content (AvgIpc) is 2.75. The van der Waals surface area contributed by atoms with Crippen molar-refractivity contribution in [2.24, 2.45) is 0 Å². The first kappa shape index (κ1) is 20.8. The Morgan fingerprint density at radius 3 is 2.17 bits per heavy atom. The van der Waals surface area contributed by atoms with Crippen LogP contribution in [-0.2, 0) is 0 Å². The van der Waals surface area contributed by atoms with Crippen molar-refractivity contribution < 1.29 is 4.74 Å². The van der Waals surface area contributed by atoms with Crippen LogP contribution in [0.25, 0.3) is 6.08 Å². The molecule has 0 radical (unpaired) electrons. The number of nitrogens with zero attached hydrogens (tertiary/aromatic N) is 2. The summed E-state index contributed by atoms with van der Waals surface area (Å²) in [5, 5.41) is 0. The maximum atomic E-state index is 6.38. The molecule has 0 aliphatic carbocycles. The lowest BCUT2D eigenvalue weighted by atomic mass is 10.00. The molecule has 160 valence electrons. The van der Waals surface area contributed by atoms with Gasteiger partial charge in [0, 0.05) is 31.9 Å². The monoisotopic (exact) mass is 404 g/mol. The maximum Gasteiger partial charge on any atom is 0.143 e. The van der Waals surface area contributed by atoms with E-state index in [2.05, 4.69) is 85.2 Å². The van der Waals surface area contributed by atoms with Gasteiger partial charge in [-0.15, -0.1) is 0 Å². The number of hydrogen-bond acceptors (Lipinski definition) is 3. The molecule has 30 heavy (non-hydrogen) atoms. The molecule has 0 unspecified atom stereocenters. The minimum atomic E-state index is -0.199. The third-order valence-corrected chi connectivity index (χ3v) is 6.00. The van der Waals surface area contributed by atoms with Gasteiger partial charge in [0.1, 0.15) is 11.4 Å². The fourth-order valence-electron chi connectivity index (χ4n) is 4.48. The first-order valence-electron chi connectivity index (χ1n) is 11.6. The smallest absolute Gasteiger partial charge is 0.143 e. The van der Waals surface area contributed by atoms with Crippen LogP contribution in [0, 0.1) is 0 Å². The first-order valence-corrected chi connectivity index (χ1v) is 11.6. The second-order valence-electron chi connectivity index (χ2n) is 9.61. The molecule has 0 bridgehead atoms. The van der Waals surface area contributed by atoms with Gasteiger partial charge in [0.05, 0.1) is 5.69 Å². The zero-order chi connectivity index (χ0) is 21.0. The highest BCUT2D eigenvalue weighted by molar-refractivity contribution is 5.68. The average molecular weight is 405 g/mol. The van der Waals surface area contributed by atoms with Crippen LogP contribution in [0.2, 0.25) is 0 Å². The van der Waals surface area contributed by atoms with Gasteiger partial charge in [0.25, 0.3) is 0 Å². The highest BCUT2D eigenvalue weighted by atomic mass is 16.5. The normalized spacial score (nSPS) is 17.8. The van der Waals surface area contributed by atoms with E-state index in [1.54, 1.807) is 5.57 Å². The number of benzene rings is 2. The van der Waals surface area contributed by atoms with Crippen LogP contribution < -0.4 is 14.5 Å². The van der Waals surface area contributed by atoms with E-state index in [9.17, 15) is 0 Å². The van der Waals surface area contributed by atoms with Crippen molar-refractivity contribution in [3.05, 3.63) is 59.7 Å². The second-order valence-corrected chi connectivity index (χ2v) is 9.61. The second kappa shape index (κ2) is 9.16. The van der Waals surface area contributed by atoms with Gasteiger partial charge in [-0.05, 0) is 76.6 Å². The molecule has 0 atom stereocenters. The van der Waals surface area contributed by atoms with Crippen molar-refractivity contribution in [2.45, 2.75) is 58.5 Å². The Morgan fingerprint density at radius 2 is 1.50 bits per heavy atom. The summed E-state index contributed by atoms with van der Waals surface area (Å²) >= 11 is 0. The summed E-state index contributed by atoms with van der Waals surface area (Å²) in [5.74, 6) is 1.01. The van der Waals surface area contributed by atoms with E-state index < -0.39 is 0 Å². The Morgan fingerprint density at radius 1 is 0.800 bits per heavy atom. The Hall–Kier alpha value is -2.42. The predicted octanol–water partition coefficient (Wildman–Crippen LogP) is 6.54. The molecule has 0 N–H and O–H groups in total. The summed E-state index contributed by atoms with van der Waals surface area (Å²) in [6.07, 6.45) is 8.54. The predicted molar refractivity (Wildman–Crippen MR) is 129 cm³/mol. The van der Waals surface area contributed by atoms with Crippen molar-refractivity contribution >= 4 is 17.5 Å². The lowest BCUT2D eigenvalue weighted by molar-refractivity contribution is 0.131. The summed E-state index contributed by atoms with van der Waals surface area (Å²) < 4.78 is 6.38. The van der Waals surface area contributed by atoms with Crippen LogP contribution >= 0.6 is 0 Å². The summed E-state index contributed by atoms with van der Waals surface area (Å²) in [5.41, 5.74) is 5.26. The van der Waals surface area contributed by atoms with Gasteiger partial charge >= 0.3 is 0 Å². The fraction of sp³-hybridized carbons (Fsp3) is 0.481. The van der Waals surface area contributed by atoms with E-state index >= 15 is 0 Å². The molecule has 4 rings (SSSR count). The first-order chi connectivity index (χ1) is 14.5. The molecule has 2 heterocycles.